The molecule has 326 valence electrons. The number of carbonyl (C=O) groups is 2. The molecule has 2 fully saturated rings. The topological polar surface area (TPSA) is 137 Å². The molecule has 3 aliphatic heterocycles. The summed E-state index contributed by atoms with van der Waals surface area (Å²) in [5.74, 6) is 0.229. The van der Waals surface area contributed by atoms with Crippen molar-refractivity contribution in [3.63, 3.8) is 0 Å². The first kappa shape index (κ1) is 42.0. The normalized spacial score (nSPS) is 18.0. The lowest BCUT2D eigenvalue weighted by molar-refractivity contribution is -0.384. The Labute approximate surface area is 366 Å². The Kier molecular flexibility index (Phi) is 11.9. The van der Waals surface area contributed by atoms with Crippen LogP contribution < -0.4 is 9.64 Å². The highest BCUT2D eigenvalue weighted by atomic mass is 16.6. The first-order chi connectivity index (χ1) is 30.6. The smallest absolute Gasteiger partial charge is 0.270 e. The molecule has 2 aromatic heterocycles. The van der Waals surface area contributed by atoms with E-state index in [0.29, 0.717) is 73.1 Å². The van der Waals surface area contributed by atoms with Gasteiger partial charge in [0.15, 0.2) is 6.23 Å². The molecule has 0 bridgehead atoms. The van der Waals surface area contributed by atoms with Crippen molar-refractivity contribution in [2.45, 2.75) is 64.9 Å². The molecule has 2 amide bonds. The predicted molar refractivity (Wildman–Crippen MR) is 240 cm³/mol. The number of non-ortho nitro benzene ring substituents is 1. The van der Waals surface area contributed by atoms with Gasteiger partial charge in [-0.3, -0.25) is 24.6 Å². The Bertz CT molecular complexity index is 2690. The maximum Gasteiger partial charge on any atom is 0.270 e. The average molecular weight is 852 g/mol. The van der Waals surface area contributed by atoms with Gasteiger partial charge in [0.05, 0.1) is 49.1 Å². The summed E-state index contributed by atoms with van der Waals surface area (Å²) >= 11 is 0. The molecule has 0 spiro atoms. The van der Waals surface area contributed by atoms with E-state index in [1.807, 2.05) is 89.8 Å². The van der Waals surface area contributed by atoms with Gasteiger partial charge in [0.2, 0.25) is 0 Å². The Hall–Kier alpha value is -6.35. The molecule has 3 aliphatic rings. The average Bonchev–Trinajstić information content (AvgIpc) is 3.87. The van der Waals surface area contributed by atoms with Crippen LogP contribution in [0.3, 0.4) is 0 Å². The van der Waals surface area contributed by atoms with Gasteiger partial charge in [-0.15, -0.1) is 0 Å². The van der Waals surface area contributed by atoms with Crippen LogP contribution in [0.15, 0.2) is 91.1 Å². The van der Waals surface area contributed by atoms with Crippen LogP contribution in [-0.2, 0) is 36.0 Å². The lowest BCUT2D eigenvalue weighted by Crippen LogP contribution is -2.52. The molecule has 6 aromatic rings. The lowest BCUT2D eigenvalue weighted by Gasteiger charge is -2.40. The lowest BCUT2D eigenvalue weighted by atomic mass is 9.92. The van der Waals surface area contributed by atoms with Crippen molar-refractivity contribution < 1.29 is 28.7 Å². The number of nitrogens with zero attached hydrogens (tertiary/aromatic N) is 7. The molecule has 63 heavy (non-hydrogen) atoms. The third kappa shape index (κ3) is 8.21. The second-order valence-corrected chi connectivity index (χ2v) is 16.8. The maximum absolute atomic E-state index is 15.3. The maximum atomic E-state index is 15.3. The van der Waals surface area contributed by atoms with Crippen LogP contribution in [0.25, 0.3) is 22.2 Å². The molecule has 5 heterocycles. The SMILES string of the molecule is COc1cccc(CN(C(=O)c2cc(-c3cc([N+](=O)[O-])ccc3C(=O)N3Cc4ccccc4C[C@H]3CN3CCOCC3)n(C)c2C)c2ccc3c(cnn3C3CCCCO3)c2)c1C. The summed E-state index contributed by atoms with van der Waals surface area (Å²) in [5, 5.41) is 17.9. The summed E-state index contributed by atoms with van der Waals surface area (Å²) in [6.45, 7) is 8.70. The van der Waals surface area contributed by atoms with Gasteiger partial charge in [0.25, 0.3) is 17.5 Å². The van der Waals surface area contributed by atoms with Crippen LogP contribution in [0.2, 0.25) is 0 Å². The Morgan fingerprint density at radius 3 is 2.51 bits per heavy atom. The third-order valence-electron chi connectivity index (χ3n) is 13.2. The van der Waals surface area contributed by atoms with E-state index in [-0.39, 0.29) is 36.3 Å². The van der Waals surface area contributed by atoms with Crippen LogP contribution in [-0.4, -0.2) is 93.5 Å². The van der Waals surface area contributed by atoms with Crippen LogP contribution >= 0.6 is 0 Å². The van der Waals surface area contributed by atoms with E-state index in [4.69, 9.17) is 19.3 Å². The van der Waals surface area contributed by atoms with Gasteiger partial charge < -0.3 is 28.6 Å². The van der Waals surface area contributed by atoms with Crippen LogP contribution in [0.1, 0.15) is 74.2 Å². The summed E-state index contributed by atoms with van der Waals surface area (Å²) in [5.41, 5.74) is 7.84. The monoisotopic (exact) mass is 851 g/mol. The zero-order chi connectivity index (χ0) is 43.8. The number of morpholine rings is 1. The summed E-state index contributed by atoms with van der Waals surface area (Å²) in [6.07, 6.45) is 5.34. The summed E-state index contributed by atoms with van der Waals surface area (Å²) < 4.78 is 21.1. The van der Waals surface area contributed by atoms with Crippen molar-refractivity contribution in [1.82, 2.24) is 24.1 Å². The van der Waals surface area contributed by atoms with E-state index in [9.17, 15) is 10.1 Å². The standard InChI is InChI=1S/C49H53N7O7/c1-32-35(12-9-13-46(32)61-4)29-53(38-16-18-44-37(25-38)28-50-55(44)47-14-7-8-21-63-47)49(58)42-27-45(51(3)33(42)2)43-26-39(56(59)60)15-17-41(43)48(57)54-30-36-11-6-5-10-34(36)24-40(54)31-52-19-22-62-23-20-52/h5-6,9-13,15-18,25-28,40,47H,7-8,14,19-24,29-31H2,1-4H3/t40-,47?/m0/s1. The fraction of sp³-hybridized carbons (Fsp3) is 0.367. The van der Waals surface area contributed by atoms with Gasteiger partial charge in [-0.05, 0) is 98.2 Å². The number of amides is 2. The molecule has 0 aliphatic carbocycles. The van der Waals surface area contributed by atoms with E-state index in [1.165, 1.54) is 17.7 Å². The van der Waals surface area contributed by atoms with Crippen molar-refractivity contribution in [3.8, 4) is 17.0 Å². The number of benzene rings is 4. The number of hydrogen-bond donors (Lipinski definition) is 0. The van der Waals surface area contributed by atoms with Gasteiger partial charge in [0, 0.05) is 91.6 Å². The molecule has 14 nitrogen and oxygen atoms in total. The van der Waals surface area contributed by atoms with E-state index in [2.05, 4.69) is 17.0 Å². The number of rotatable bonds is 11. The van der Waals surface area contributed by atoms with Crippen molar-refractivity contribution >= 4 is 34.1 Å². The number of fused-ring (bicyclic) bond motifs is 2. The number of ether oxygens (including phenoxy) is 3. The first-order valence-electron chi connectivity index (χ1n) is 21.8. The van der Waals surface area contributed by atoms with E-state index >= 15 is 9.59 Å². The number of carbonyl (C=O) groups excluding carboxylic acids is 2. The molecule has 14 heteroatoms. The van der Waals surface area contributed by atoms with E-state index in [0.717, 1.165) is 65.7 Å². The number of hydrogen-bond acceptors (Lipinski definition) is 9. The van der Waals surface area contributed by atoms with Gasteiger partial charge in [-0.2, -0.15) is 5.10 Å². The van der Waals surface area contributed by atoms with Crippen molar-refractivity contribution in [1.29, 1.82) is 0 Å². The molecule has 2 saturated heterocycles. The minimum atomic E-state index is -0.450. The van der Waals surface area contributed by atoms with E-state index in [1.54, 1.807) is 24.1 Å². The number of aromatic nitrogens is 3. The molecule has 0 saturated carbocycles. The number of methoxy groups -OCH3 is 1. The minimum Gasteiger partial charge on any atom is -0.496 e. The Balaban J connectivity index is 1.11. The van der Waals surface area contributed by atoms with Gasteiger partial charge >= 0.3 is 0 Å². The second kappa shape index (κ2) is 17.8. The highest BCUT2D eigenvalue weighted by molar-refractivity contribution is 6.09. The number of nitro benzene ring substituents is 1. The molecular formula is C49H53N7O7. The first-order valence-corrected chi connectivity index (χ1v) is 21.8. The predicted octanol–water partition coefficient (Wildman–Crippen LogP) is 8.02. The van der Waals surface area contributed by atoms with E-state index < -0.39 is 4.92 Å². The molecule has 4 aromatic carbocycles. The van der Waals surface area contributed by atoms with Crippen molar-refractivity contribution in [3.05, 3.63) is 140 Å². The van der Waals surface area contributed by atoms with Gasteiger partial charge in [-0.25, -0.2) is 4.68 Å². The fourth-order valence-electron chi connectivity index (χ4n) is 9.45. The highest BCUT2D eigenvalue weighted by Gasteiger charge is 2.35. The zero-order valence-electron chi connectivity index (χ0n) is 36.3. The zero-order valence-corrected chi connectivity index (χ0v) is 36.3. The molecular weight excluding hydrogens is 799 g/mol. The molecule has 2 atom stereocenters. The quantitative estimate of drug-likeness (QED) is 0.0938. The second-order valence-electron chi connectivity index (χ2n) is 16.8. The number of anilines is 1. The highest BCUT2D eigenvalue weighted by Crippen LogP contribution is 2.37. The van der Waals surface area contributed by atoms with Crippen LogP contribution in [0.5, 0.6) is 5.75 Å². The molecule has 0 radical (unpaired) electrons. The molecule has 9 rings (SSSR count). The Morgan fingerprint density at radius 2 is 1.75 bits per heavy atom. The third-order valence-corrected chi connectivity index (χ3v) is 13.2. The largest absolute Gasteiger partial charge is 0.496 e. The van der Waals surface area contributed by atoms with Gasteiger partial charge in [0.1, 0.15) is 5.75 Å². The summed E-state index contributed by atoms with van der Waals surface area (Å²) in [7, 11) is 3.46. The summed E-state index contributed by atoms with van der Waals surface area (Å²) in [4.78, 5) is 48.2. The van der Waals surface area contributed by atoms with Crippen LogP contribution in [0.4, 0.5) is 11.4 Å². The Morgan fingerprint density at radius 1 is 0.937 bits per heavy atom. The number of nitro groups is 1. The minimum absolute atomic E-state index is 0.130. The fourth-order valence-corrected chi connectivity index (χ4v) is 9.45. The van der Waals surface area contributed by atoms with Crippen LogP contribution in [0, 0.1) is 24.0 Å². The molecule has 0 N–H and O–H groups in total. The molecule has 1 unspecified atom stereocenters. The van der Waals surface area contributed by atoms with Gasteiger partial charge in [-0.1, -0.05) is 36.4 Å². The van der Waals surface area contributed by atoms with Crippen molar-refractivity contribution in [2.24, 2.45) is 7.05 Å². The summed E-state index contributed by atoms with van der Waals surface area (Å²) in [6, 6.07) is 26.0. The van der Waals surface area contributed by atoms with Crippen molar-refractivity contribution in [2.75, 3.05) is 51.5 Å².